The summed E-state index contributed by atoms with van der Waals surface area (Å²) in [5.74, 6) is 0.339. The largest absolute Gasteiger partial charge is 0.384 e. The van der Waals surface area contributed by atoms with Crippen molar-refractivity contribution in [1.82, 2.24) is 0 Å². The third-order valence-corrected chi connectivity index (χ3v) is 2.36. The van der Waals surface area contributed by atoms with E-state index >= 15 is 0 Å². The van der Waals surface area contributed by atoms with Crippen molar-refractivity contribution in [2.45, 2.75) is 12.8 Å². The van der Waals surface area contributed by atoms with Crippen molar-refractivity contribution in [2.75, 3.05) is 27.4 Å². The van der Waals surface area contributed by atoms with Gasteiger partial charge in [-0.1, -0.05) is 24.3 Å². The number of ether oxygens (including phenoxy) is 2. The highest BCUT2D eigenvalue weighted by Crippen LogP contribution is 2.20. The molecule has 0 spiro atoms. The lowest BCUT2D eigenvalue weighted by Gasteiger charge is -2.17. The summed E-state index contributed by atoms with van der Waals surface area (Å²) in [6.07, 6.45) is 0. The molecule has 0 saturated heterocycles. The maximum Gasteiger partial charge on any atom is 0.0553 e. The molecule has 0 aliphatic heterocycles. The number of hydrogen-bond donors (Lipinski definition) is 0. The van der Waals surface area contributed by atoms with Gasteiger partial charge in [-0.25, -0.2) is 0 Å². The van der Waals surface area contributed by atoms with Crippen LogP contribution in [0, 0.1) is 6.92 Å². The van der Waals surface area contributed by atoms with Crippen molar-refractivity contribution in [3.63, 3.8) is 0 Å². The van der Waals surface area contributed by atoms with E-state index in [2.05, 4.69) is 31.2 Å². The van der Waals surface area contributed by atoms with E-state index in [1.54, 1.807) is 14.2 Å². The van der Waals surface area contributed by atoms with Crippen LogP contribution in [0.4, 0.5) is 0 Å². The summed E-state index contributed by atoms with van der Waals surface area (Å²) in [6.45, 7) is 3.53. The molecule has 0 aliphatic rings. The average Bonchev–Trinajstić information content (AvgIpc) is 2.18. The number of methoxy groups -OCH3 is 2. The first-order valence-electron chi connectivity index (χ1n) is 4.83. The van der Waals surface area contributed by atoms with Crippen molar-refractivity contribution in [1.29, 1.82) is 0 Å². The van der Waals surface area contributed by atoms with Crippen LogP contribution in [0.25, 0.3) is 0 Å². The highest BCUT2D eigenvalue weighted by atomic mass is 16.5. The minimum Gasteiger partial charge on any atom is -0.384 e. The maximum atomic E-state index is 5.19. The zero-order valence-electron chi connectivity index (χ0n) is 9.12. The molecule has 78 valence electrons. The summed E-state index contributed by atoms with van der Waals surface area (Å²) in [5.41, 5.74) is 2.61. The summed E-state index contributed by atoms with van der Waals surface area (Å²) >= 11 is 0. The highest BCUT2D eigenvalue weighted by molar-refractivity contribution is 5.29. The van der Waals surface area contributed by atoms with Gasteiger partial charge >= 0.3 is 0 Å². The molecule has 0 saturated carbocycles. The van der Waals surface area contributed by atoms with E-state index in [0.29, 0.717) is 19.1 Å². The van der Waals surface area contributed by atoms with Gasteiger partial charge in [0, 0.05) is 20.1 Å². The first-order valence-corrected chi connectivity index (χ1v) is 4.83. The summed E-state index contributed by atoms with van der Waals surface area (Å²) in [5, 5.41) is 0. The predicted molar refractivity (Wildman–Crippen MR) is 57.7 cm³/mol. The van der Waals surface area contributed by atoms with Crippen LogP contribution in [0.15, 0.2) is 24.3 Å². The lowest BCUT2D eigenvalue weighted by Crippen LogP contribution is -2.13. The molecule has 0 N–H and O–H groups in total. The Kier molecular flexibility index (Phi) is 4.63. The van der Waals surface area contributed by atoms with E-state index < -0.39 is 0 Å². The molecule has 0 fully saturated rings. The molecule has 0 bridgehead atoms. The molecule has 2 heteroatoms. The standard InChI is InChI=1S/C12H18O2/c1-10-6-4-5-7-12(10)11(8-13-2)9-14-3/h4-7,11H,8-9H2,1-3H3. The highest BCUT2D eigenvalue weighted by Gasteiger charge is 2.12. The fourth-order valence-electron chi connectivity index (χ4n) is 1.67. The van der Waals surface area contributed by atoms with Gasteiger partial charge in [-0.15, -0.1) is 0 Å². The van der Waals surface area contributed by atoms with Gasteiger partial charge in [0.2, 0.25) is 0 Å². The van der Waals surface area contributed by atoms with E-state index in [4.69, 9.17) is 9.47 Å². The fourth-order valence-corrected chi connectivity index (χ4v) is 1.67. The molecule has 0 heterocycles. The van der Waals surface area contributed by atoms with Crippen molar-refractivity contribution in [2.24, 2.45) is 0 Å². The van der Waals surface area contributed by atoms with E-state index in [1.165, 1.54) is 11.1 Å². The first-order chi connectivity index (χ1) is 6.79. The van der Waals surface area contributed by atoms with Gasteiger partial charge in [0.1, 0.15) is 0 Å². The van der Waals surface area contributed by atoms with Crippen LogP contribution in [0.5, 0.6) is 0 Å². The Morgan fingerprint density at radius 3 is 2.14 bits per heavy atom. The number of rotatable bonds is 5. The second kappa shape index (κ2) is 5.78. The molecule has 0 unspecified atom stereocenters. The molecule has 1 aromatic rings. The second-order valence-electron chi connectivity index (χ2n) is 3.46. The number of aryl methyl sites for hydroxylation is 1. The molecule has 1 rings (SSSR count). The zero-order chi connectivity index (χ0) is 10.4. The first kappa shape index (κ1) is 11.2. The lowest BCUT2D eigenvalue weighted by molar-refractivity contribution is 0.117. The maximum absolute atomic E-state index is 5.19. The van der Waals surface area contributed by atoms with E-state index in [9.17, 15) is 0 Å². The minimum atomic E-state index is 0.339. The Hall–Kier alpha value is -0.860. The molecule has 1 aromatic carbocycles. The number of hydrogen-bond acceptors (Lipinski definition) is 2. The summed E-state index contributed by atoms with van der Waals surface area (Å²) < 4.78 is 10.4. The SMILES string of the molecule is COCC(COC)c1ccccc1C. The molecule has 0 radical (unpaired) electrons. The molecule has 0 atom stereocenters. The lowest BCUT2D eigenvalue weighted by atomic mass is 9.96. The zero-order valence-corrected chi connectivity index (χ0v) is 9.12. The third kappa shape index (κ3) is 2.82. The van der Waals surface area contributed by atoms with Crippen LogP contribution < -0.4 is 0 Å². The van der Waals surface area contributed by atoms with Gasteiger partial charge in [-0.2, -0.15) is 0 Å². The monoisotopic (exact) mass is 194 g/mol. The summed E-state index contributed by atoms with van der Waals surface area (Å²) in [7, 11) is 3.45. The molecule has 2 nitrogen and oxygen atoms in total. The fraction of sp³-hybridized carbons (Fsp3) is 0.500. The van der Waals surface area contributed by atoms with Crippen LogP contribution in [-0.2, 0) is 9.47 Å². The van der Waals surface area contributed by atoms with Gasteiger partial charge in [0.05, 0.1) is 13.2 Å². The van der Waals surface area contributed by atoms with Gasteiger partial charge in [0.25, 0.3) is 0 Å². The molecule has 0 amide bonds. The van der Waals surface area contributed by atoms with Gasteiger partial charge in [-0.05, 0) is 18.1 Å². The molecule has 0 aliphatic carbocycles. The van der Waals surface area contributed by atoms with Gasteiger partial charge in [0.15, 0.2) is 0 Å². The molecule has 14 heavy (non-hydrogen) atoms. The smallest absolute Gasteiger partial charge is 0.0553 e. The van der Waals surface area contributed by atoms with Crippen LogP contribution in [0.2, 0.25) is 0 Å². The Balaban J connectivity index is 2.81. The van der Waals surface area contributed by atoms with Gasteiger partial charge in [-0.3, -0.25) is 0 Å². The molecule has 0 aromatic heterocycles. The van der Waals surface area contributed by atoms with Crippen molar-refractivity contribution < 1.29 is 9.47 Å². The van der Waals surface area contributed by atoms with E-state index in [-0.39, 0.29) is 0 Å². The molecular weight excluding hydrogens is 176 g/mol. The normalized spacial score (nSPS) is 10.9. The Morgan fingerprint density at radius 2 is 1.64 bits per heavy atom. The van der Waals surface area contributed by atoms with Crippen LogP contribution >= 0.6 is 0 Å². The summed E-state index contributed by atoms with van der Waals surface area (Å²) in [4.78, 5) is 0. The Bertz CT molecular complexity index is 265. The van der Waals surface area contributed by atoms with E-state index in [0.717, 1.165) is 0 Å². The quantitative estimate of drug-likeness (QED) is 0.716. The third-order valence-electron chi connectivity index (χ3n) is 2.36. The Morgan fingerprint density at radius 1 is 1.07 bits per heavy atom. The summed E-state index contributed by atoms with van der Waals surface area (Å²) in [6, 6.07) is 8.36. The second-order valence-corrected chi connectivity index (χ2v) is 3.46. The predicted octanol–water partition coefficient (Wildman–Crippen LogP) is 2.37. The topological polar surface area (TPSA) is 18.5 Å². The van der Waals surface area contributed by atoms with Crippen molar-refractivity contribution in [3.05, 3.63) is 35.4 Å². The molecular formula is C12H18O2. The van der Waals surface area contributed by atoms with Crippen LogP contribution in [0.1, 0.15) is 17.0 Å². The van der Waals surface area contributed by atoms with Crippen LogP contribution in [0.3, 0.4) is 0 Å². The average molecular weight is 194 g/mol. The van der Waals surface area contributed by atoms with Crippen molar-refractivity contribution in [3.8, 4) is 0 Å². The minimum absolute atomic E-state index is 0.339. The van der Waals surface area contributed by atoms with E-state index in [1.807, 2.05) is 0 Å². The Labute approximate surface area is 85.8 Å². The van der Waals surface area contributed by atoms with Crippen molar-refractivity contribution >= 4 is 0 Å². The van der Waals surface area contributed by atoms with Crippen LogP contribution in [-0.4, -0.2) is 27.4 Å². The van der Waals surface area contributed by atoms with Gasteiger partial charge < -0.3 is 9.47 Å². The number of benzene rings is 1.